The molecule has 2 aromatic rings. The molecule has 4 nitrogen and oxygen atoms in total. The van der Waals surface area contributed by atoms with E-state index >= 15 is 0 Å². The number of amides is 1. The van der Waals surface area contributed by atoms with Gasteiger partial charge in [-0.15, -0.1) is 11.3 Å². The van der Waals surface area contributed by atoms with Crippen LogP contribution in [0.15, 0.2) is 30.3 Å². The van der Waals surface area contributed by atoms with Crippen molar-refractivity contribution in [1.29, 1.82) is 0 Å². The second kappa shape index (κ2) is 7.04. The summed E-state index contributed by atoms with van der Waals surface area (Å²) in [7, 11) is 0. The molecule has 0 spiro atoms. The molecule has 1 aromatic heterocycles. The predicted molar refractivity (Wildman–Crippen MR) is 96.9 cm³/mol. The maximum atomic E-state index is 12.3. The van der Waals surface area contributed by atoms with Crippen molar-refractivity contribution in [2.45, 2.75) is 32.7 Å². The lowest BCUT2D eigenvalue weighted by Crippen LogP contribution is -2.39. The molecule has 0 radical (unpaired) electrons. The lowest BCUT2D eigenvalue weighted by atomic mass is 10.00. The topological polar surface area (TPSA) is 58.4 Å². The third-order valence-corrected chi connectivity index (χ3v) is 5.47. The summed E-state index contributed by atoms with van der Waals surface area (Å²) in [6, 6.07) is 10.2. The molecule has 5 heteroatoms. The average molecular weight is 329 g/mol. The van der Waals surface area contributed by atoms with E-state index in [1.807, 2.05) is 12.1 Å². The Kier molecular flexibility index (Phi) is 4.86. The van der Waals surface area contributed by atoms with Gasteiger partial charge in [-0.3, -0.25) is 4.79 Å². The molecule has 3 rings (SSSR count). The Labute approximate surface area is 141 Å². The Morgan fingerprint density at radius 1 is 1.30 bits per heavy atom. The van der Waals surface area contributed by atoms with Crippen LogP contribution in [0, 0.1) is 0 Å². The number of thiophene rings is 1. The highest BCUT2D eigenvalue weighted by Crippen LogP contribution is 2.30. The summed E-state index contributed by atoms with van der Waals surface area (Å²) in [5, 5.41) is 3.03. The quantitative estimate of drug-likeness (QED) is 0.829. The smallest absolute Gasteiger partial charge is 0.239 e. The van der Waals surface area contributed by atoms with Gasteiger partial charge in [0.2, 0.25) is 5.91 Å². The minimum atomic E-state index is 0.0618. The van der Waals surface area contributed by atoms with E-state index < -0.39 is 0 Å². The van der Waals surface area contributed by atoms with E-state index in [0.717, 1.165) is 37.2 Å². The van der Waals surface area contributed by atoms with Crippen molar-refractivity contribution in [2.24, 2.45) is 0 Å². The van der Waals surface area contributed by atoms with Crippen LogP contribution in [0.25, 0.3) is 0 Å². The molecule has 0 saturated heterocycles. The SMILES string of the molecule is CCc1ccc(CNC(=O)CN2CCCc3c(N)cccc32)s1. The van der Waals surface area contributed by atoms with Gasteiger partial charge >= 0.3 is 0 Å². The van der Waals surface area contributed by atoms with Crippen molar-refractivity contribution >= 4 is 28.6 Å². The van der Waals surface area contributed by atoms with Gasteiger partial charge in [0.15, 0.2) is 0 Å². The molecule has 0 unspecified atom stereocenters. The number of hydrogen-bond donors (Lipinski definition) is 2. The molecule has 3 N–H and O–H groups in total. The van der Waals surface area contributed by atoms with E-state index in [-0.39, 0.29) is 5.91 Å². The standard InChI is InChI=1S/C18H23N3OS/c1-2-13-8-9-14(23-13)11-20-18(22)12-21-10-4-5-15-16(19)6-3-7-17(15)21/h3,6-9H,2,4-5,10-12,19H2,1H3,(H,20,22). The van der Waals surface area contributed by atoms with Crippen LogP contribution >= 0.6 is 11.3 Å². The van der Waals surface area contributed by atoms with Gasteiger partial charge in [0.05, 0.1) is 13.1 Å². The molecule has 0 atom stereocenters. The largest absolute Gasteiger partial charge is 0.398 e. The van der Waals surface area contributed by atoms with Crippen LogP contribution < -0.4 is 16.0 Å². The summed E-state index contributed by atoms with van der Waals surface area (Å²) in [5.41, 5.74) is 9.18. The third kappa shape index (κ3) is 3.67. The summed E-state index contributed by atoms with van der Waals surface area (Å²) in [5.74, 6) is 0.0618. The zero-order valence-corrected chi connectivity index (χ0v) is 14.3. The number of nitrogen functional groups attached to an aromatic ring is 1. The fourth-order valence-corrected chi connectivity index (χ4v) is 3.91. The van der Waals surface area contributed by atoms with Crippen molar-refractivity contribution in [3.8, 4) is 0 Å². The van der Waals surface area contributed by atoms with Crippen LogP contribution in [0.5, 0.6) is 0 Å². The number of nitrogens with two attached hydrogens (primary N) is 1. The summed E-state index contributed by atoms with van der Waals surface area (Å²) >= 11 is 1.77. The van der Waals surface area contributed by atoms with Crippen molar-refractivity contribution in [2.75, 3.05) is 23.7 Å². The number of carbonyl (C=O) groups excluding carboxylic acids is 1. The van der Waals surface area contributed by atoms with Gasteiger partial charge in [0.25, 0.3) is 0 Å². The molecule has 23 heavy (non-hydrogen) atoms. The van der Waals surface area contributed by atoms with Gasteiger partial charge in [-0.25, -0.2) is 0 Å². The normalized spacial score (nSPS) is 13.7. The van der Waals surface area contributed by atoms with Gasteiger partial charge in [-0.2, -0.15) is 0 Å². The first-order chi connectivity index (χ1) is 11.2. The molecule has 1 aliphatic heterocycles. The Hall–Kier alpha value is -2.01. The molecule has 2 heterocycles. The van der Waals surface area contributed by atoms with E-state index in [2.05, 4.69) is 35.3 Å². The van der Waals surface area contributed by atoms with Gasteiger partial charge in [-0.1, -0.05) is 13.0 Å². The van der Waals surface area contributed by atoms with Crippen molar-refractivity contribution in [1.82, 2.24) is 5.32 Å². The summed E-state index contributed by atoms with van der Waals surface area (Å²) in [4.78, 5) is 17.0. The first-order valence-corrected chi connectivity index (χ1v) is 8.95. The molecular weight excluding hydrogens is 306 g/mol. The number of nitrogens with zero attached hydrogens (tertiary/aromatic N) is 1. The molecule has 0 saturated carbocycles. The minimum absolute atomic E-state index is 0.0618. The number of rotatable bonds is 5. The van der Waals surface area contributed by atoms with Gasteiger partial charge < -0.3 is 16.0 Å². The van der Waals surface area contributed by atoms with Crippen molar-refractivity contribution < 1.29 is 4.79 Å². The number of nitrogens with one attached hydrogen (secondary N) is 1. The highest BCUT2D eigenvalue weighted by molar-refractivity contribution is 7.11. The Balaban J connectivity index is 1.59. The molecule has 1 amide bonds. The van der Waals surface area contributed by atoms with Crippen LogP contribution in [0.4, 0.5) is 11.4 Å². The maximum absolute atomic E-state index is 12.3. The molecule has 1 aromatic carbocycles. The van der Waals surface area contributed by atoms with E-state index in [4.69, 9.17) is 5.73 Å². The van der Waals surface area contributed by atoms with E-state index in [1.165, 1.54) is 15.3 Å². The number of anilines is 2. The highest BCUT2D eigenvalue weighted by atomic mass is 32.1. The monoisotopic (exact) mass is 329 g/mol. The van der Waals surface area contributed by atoms with Crippen molar-refractivity contribution in [3.63, 3.8) is 0 Å². The van der Waals surface area contributed by atoms with Crippen LogP contribution in [0.1, 0.15) is 28.7 Å². The highest BCUT2D eigenvalue weighted by Gasteiger charge is 2.20. The summed E-state index contributed by atoms with van der Waals surface area (Å²) < 4.78 is 0. The van der Waals surface area contributed by atoms with Crippen LogP contribution in [0.3, 0.4) is 0 Å². The van der Waals surface area contributed by atoms with Crippen molar-refractivity contribution in [3.05, 3.63) is 45.6 Å². The van der Waals surface area contributed by atoms with E-state index in [1.54, 1.807) is 11.3 Å². The summed E-state index contributed by atoms with van der Waals surface area (Å²) in [6.07, 6.45) is 3.08. The Morgan fingerprint density at radius 3 is 2.91 bits per heavy atom. The van der Waals surface area contributed by atoms with Crippen LogP contribution in [-0.4, -0.2) is 19.0 Å². The average Bonchev–Trinajstić information content (AvgIpc) is 3.02. The minimum Gasteiger partial charge on any atom is -0.398 e. The first-order valence-electron chi connectivity index (χ1n) is 8.14. The summed E-state index contributed by atoms with van der Waals surface area (Å²) in [6.45, 7) is 4.06. The zero-order chi connectivity index (χ0) is 16.2. The van der Waals surface area contributed by atoms with Gasteiger partial charge in [-0.05, 0) is 49.1 Å². The molecule has 0 bridgehead atoms. The molecule has 122 valence electrons. The van der Waals surface area contributed by atoms with Gasteiger partial charge in [0, 0.05) is 27.7 Å². The Bertz CT molecular complexity index is 695. The third-order valence-electron chi connectivity index (χ3n) is 4.24. The predicted octanol–water partition coefficient (Wildman–Crippen LogP) is 2.96. The number of fused-ring (bicyclic) bond motifs is 1. The fourth-order valence-electron chi connectivity index (χ4n) is 3.01. The number of carbonyl (C=O) groups is 1. The van der Waals surface area contributed by atoms with E-state index in [9.17, 15) is 4.79 Å². The van der Waals surface area contributed by atoms with Crippen LogP contribution in [0.2, 0.25) is 0 Å². The fraction of sp³-hybridized carbons (Fsp3) is 0.389. The van der Waals surface area contributed by atoms with Crippen LogP contribution in [-0.2, 0) is 24.2 Å². The lowest BCUT2D eigenvalue weighted by Gasteiger charge is -2.31. The molecular formula is C18H23N3OS. The van der Waals surface area contributed by atoms with E-state index in [0.29, 0.717) is 13.1 Å². The Morgan fingerprint density at radius 2 is 2.13 bits per heavy atom. The van der Waals surface area contributed by atoms with Gasteiger partial charge in [0.1, 0.15) is 0 Å². The second-order valence-corrected chi connectivity index (χ2v) is 7.12. The number of hydrogen-bond acceptors (Lipinski definition) is 4. The molecule has 0 fully saturated rings. The second-order valence-electron chi connectivity index (χ2n) is 5.87. The number of benzene rings is 1. The first kappa shape index (κ1) is 15.9. The zero-order valence-electron chi connectivity index (χ0n) is 13.5. The molecule has 0 aliphatic carbocycles. The molecule has 1 aliphatic rings. The number of aryl methyl sites for hydroxylation is 1. The lowest BCUT2D eigenvalue weighted by molar-refractivity contribution is -0.119. The maximum Gasteiger partial charge on any atom is 0.239 e.